The van der Waals surface area contributed by atoms with Crippen molar-refractivity contribution in [1.29, 1.82) is 0 Å². The van der Waals surface area contributed by atoms with Crippen molar-refractivity contribution >= 4 is 20.7 Å². The third-order valence-electron chi connectivity index (χ3n) is 2.03. The Morgan fingerprint density at radius 3 is 2.47 bits per heavy atom. The van der Waals surface area contributed by atoms with Gasteiger partial charge in [-0.3, -0.25) is 0 Å². The van der Waals surface area contributed by atoms with Crippen LogP contribution in [0.3, 0.4) is 0 Å². The summed E-state index contributed by atoms with van der Waals surface area (Å²) in [6, 6.07) is 8.65. The largest absolute Gasteiger partial charge is 0.231 e. The lowest BCUT2D eigenvalue weighted by Crippen LogP contribution is -1.88. The molecule has 0 N–H and O–H groups in total. The second-order valence-electron chi connectivity index (χ2n) is 3.80. The predicted octanol–water partition coefficient (Wildman–Crippen LogP) is 4.68. The summed E-state index contributed by atoms with van der Waals surface area (Å²) < 4.78 is 11.9. The number of hydrogen-bond acceptors (Lipinski definition) is 1. The van der Waals surface area contributed by atoms with Crippen molar-refractivity contribution in [2.75, 3.05) is 6.16 Å². The number of aryl methyl sites for hydroxylation is 1. The lowest BCUT2D eigenvalue weighted by molar-refractivity contribution is 0.869. The highest BCUT2D eigenvalue weighted by Gasteiger charge is 1.98. The van der Waals surface area contributed by atoms with Crippen molar-refractivity contribution in [3.63, 3.8) is 0 Å². The van der Waals surface area contributed by atoms with Crippen LogP contribution >= 0.6 is 20.7 Å². The van der Waals surface area contributed by atoms with E-state index in [1.54, 1.807) is 0 Å². The fourth-order valence-corrected chi connectivity index (χ4v) is 2.51. The van der Waals surface area contributed by atoms with Crippen molar-refractivity contribution < 1.29 is 4.20 Å². The first-order valence-corrected chi connectivity index (χ1v) is 7.28. The number of benzene rings is 1. The van der Waals surface area contributed by atoms with Crippen molar-refractivity contribution in [3.8, 4) is 0 Å². The van der Waals surface area contributed by atoms with Gasteiger partial charge in [-0.25, -0.2) is 4.20 Å². The Kier molecular flexibility index (Phi) is 6.28. The average Bonchev–Trinajstić information content (AvgIpc) is 2.20. The lowest BCUT2D eigenvalue weighted by Gasteiger charge is -2.05. The predicted molar refractivity (Wildman–Crippen MR) is 70.0 cm³/mol. The van der Waals surface area contributed by atoms with Crippen LogP contribution in [0.5, 0.6) is 0 Å². The maximum Gasteiger partial charge on any atom is 0.0671 e. The van der Waals surface area contributed by atoms with Gasteiger partial charge in [-0.15, -0.1) is 11.8 Å². The molecule has 0 radical (unpaired) electrons. The summed E-state index contributed by atoms with van der Waals surface area (Å²) in [7, 11) is -0.400. The van der Waals surface area contributed by atoms with E-state index in [0.717, 1.165) is 12.8 Å². The highest BCUT2D eigenvalue weighted by molar-refractivity contribution is 7.99. The van der Waals surface area contributed by atoms with Crippen LogP contribution in [0.25, 0.3) is 0 Å². The summed E-state index contributed by atoms with van der Waals surface area (Å²) in [5.41, 5.74) is 1.32. The molecule has 0 heterocycles. The highest BCUT2D eigenvalue weighted by Crippen LogP contribution is 2.23. The normalized spacial score (nSPS) is 11.7. The molecule has 0 aliphatic heterocycles. The molecule has 0 aromatic heterocycles. The third-order valence-corrected chi connectivity index (χ3v) is 3.59. The number of rotatable bonds is 6. The van der Waals surface area contributed by atoms with Crippen LogP contribution in [0.2, 0.25) is 0 Å². The van der Waals surface area contributed by atoms with Crippen LogP contribution in [0.1, 0.15) is 25.8 Å². The van der Waals surface area contributed by atoms with E-state index in [-0.39, 0.29) is 0 Å². The molecule has 0 aliphatic carbocycles. The van der Waals surface area contributed by atoms with E-state index in [2.05, 4.69) is 38.1 Å². The zero-order chi connectivity index (χ0) is 11.1. The van der Waals surface area contributed by atoms with Crippen LogP contribution in [0.4, 0.5) is 4.20 Å². The van der Waals surface area contributed by atoms with Gasteiger partial charge in [0.1, 0.15) is 0 Å². The van der Waals surface area contributed by atoms with Crippen LogP contribution in [-0.4, -0.2) is 11.4 Å². The Bertz CT molecular complexity index is 271. The fraction of sp³-hybridized carbons (Fsp3) is 0.500. The Morgan fingerprint density at radius 2 is 1.93 bits per heavy atom. The minimum absolute atomic E-state index is 0.400. The Balaban J connectivity index is 2.42. The second-order valence-corrected chi connectivity index (χ2v) is 6.21. The molecule has 0 saturated heterocycles. The van der Waals surface area contributed by atoms with Gasteiger partial charge in [0.25, 0.3) is 0 Å². The maximum absolute atomic E-state index is 11.9. The summed E-state index contributed by atoms with van der Waals surface area (Å²) in [5, 5.41) is 0.628. The zero-order valence-corrected chi connectivity index (χ0v) is 11.1. The van der Waals surface area contributed by atoms with Crippen molar-refractivity contribution in [3.05, 3.63) is 29.8 Å². The number of thioether (sulfide) groups is 1. The topological polar surface area (TPSA) is 0 Å². The number of hydrogen-bond donors (Lipinski definition) is 0. The molecule has 0 saturated carbocycles. The quantitative estimate of drug-likeness (QED) is 0.397. The van der Waals surface area contributed by atoms with Gasteiger partial charge in [-0.05, 0) is 36.7 Å². The molecular weight excluding hydrogens is 226 g/mol. The van der Waals surface area contributed by atoms with Crippen LogP contribution < -0.4 is 0 Å². The minimum atomic E-state index is -0.400. The van der Waals surface area contributed by atoms with E-state index >= 15 is 0 Å². The van der Waals surface area contributed by atoms with Crippen molar-refractivity contribution in [2.24, 2.45) is 0 Å². The molecule has 1 rings (SSSR count). The smallest absolute Gasteiger partial charge is 0.0671 e. The molecular formula is C12H18FPS. The Labute approximate surface area is 97.9 Å². The first kappa shape index (κ1) is 13.0. The molecule has 0 fully saturated rings. The molecule has 0 nitrogen and oxygen atoms in total. The summed E-state index contributed by atoms with van der Waals surface area (Å²) in [6.07, 6.45) is 2.68. The second kappa shape index (κ2) is 7.24. The van der Waals surface area contributed by atoms with E-state index in [9.17, 15) is 4.20 Å². The zero-order valence-electron chi connectivity index (χ0n) is 9.29. The van der Waals surface area contributed by atoms with Crippen LogP contribution in [-0.2, 0) is 6.42 Å². The molecule has 1 atom stereocenters. The molecule has 0 spiro atoms. The first-order chi connectivity index (χ1) is 7.22. The standard InChI is InChI=1S/C12H18FPS/c1-10(2)15-12-7-5-11(6-8-12)4-3-9-14-13/h5-8,10,14H,3-4,9H2,1-2H3. The van der Waals surface area contributed by atoms with Gasteiger partial charge in [0.05, 0.1) is 8.89 Å². The lowest BCUT2D eigenvalue weighted by atomic mass is 10.1. The molecule has 0 amide bonds. The van der Waals surface area contributed by atoms with Gasteiger partial charge < -0.3 is 0 Å². The molecule has 1 aromatic rings. The van der Waals surface area contributed by atoms with E-state index in [1.165, 1.54) is 10.5 Å². The maximum atomic E-state index is 11.9. The molecule has 1 unspecified atom stereocenters. The van der Waals surface area contributed by atoms with Gasteiger partial charge in [0, 0.05) is 10.1 Å². The van der Waals surface area contributed by atoms with E-state index in [1.807, 2.05) is 11.8 Å². The van der Waals surface area contributed by atoms with E-state index < -0.39 is 8.89 Å². The van der Waals surface area contributed by atoms with Crippen molar-refractivity contribution in [2.45, 2.75) is 36.8 Å². The average molecular weight is 244 g/mol. The molecule has 15 heavy (non-hydrogen) atoms. The van der Waals surface area contributed by atoms with Gasteiger partial charge in [-0.1, -0.05) is 26.0 Å². The Hall–Kier alpha value is -0.0700. The molecule has 3 heteroatoms. The first-order valence-electron chi connectivity index (χ1n) is 5.31. The summed E-state index contributed by atoms with van der Waals surface area (Å²) in [6.45, 7) is 4.39. The SMILES string of the molecule is CC(C)Sc1ccc(CCCPF)cc1. The van der Waals surface area contributed by atoms with Gasteiger partial charge >= 0.3 is 0 Å². The monoisotopic (exact) mass is 244 g/mol. The third kappa shape index (κ3) is 5.53. The van der Waals surface area contributed by atoms with E-state index in [0.29, 0.717) is 11.4 Å². The summed E-state index contributed by atoms with van der Waals surface area (Å²) >= 11 is 1.88. The molecule has 0 bridgehead atoms. The van der Waals surface area contributed by atoms with E-state index in [4.69, 9.17) is 0 Å². The van der Waals surface area contributed by atoms with Gasteiger partial charge in [0.15, 0.2) is 0 Å². The minimum Gasteiger partial charge on any atom is -0.231 e. The molecule has 1 aromatic carbocycles. The summed E-state index contributed by atoms with van der Waals surface area (Å²) in [4.78, 5) is 1.32. The van der Waals surface area contributed by atoms with Crippen LogP contribution in [0, 0.1) is 0 Å². The Morgan fingerprint density at radius 1 is 1.27 bits per heavy atom. The number of halogens is 1. The highest BCUT2D eigenvalue weighted by atomic mass is 32.2. The van der Waals surface area contributed by atoms with Gasteiger partial charge in [0.2, 0.25) is 0 Å². The molecule has 84 valence electrons. The van der Waals surface area contributed by atoms with Gasteiger partial charge in [-0.2, -0.15) is 0 Å². The fourth-order valence-electron chi connectivity index (χ4n) is 1.37. The van der Waals surface area contributed by atoms with Crippen molar-refractivity contribution in [1.82, 2.24) is 0 Å². The summed E-state index contributed by atoms with van der Waals surface area (Å²) in [5.74, 6) is 0. The molecule has 0 aliphatic rings. The van der Waals surface area contributed by atoms with Crippen LogP contribution in [0.15, 0.2) is 29.2 Å².